The normalized spacial score (nSPS) is 15.9. The van der Waals surface area contributed by atoms with Gasteiger partial charge in [-0.2, -0.15) is 0 Å². The van der Waals surface area contributed by atoms with Gasteiger partial charge in [-0.15, -0.1) is 0 Å². The Bertz CT molecular complexity index is 646. The maximum absolute atomic E-state index is 12.0. The Hall–Kier alpha value is -2.33. The SMILES string of the molecule is Cc1ccc(CN2CCC(NC(=O)Nc3ccccc3)CC2)cc1. The molecule has 0 unspecified atom stereocenters. The maximum Gasteiger partial charge on any atom is 0.319 e. The second-order valence-corrected chi connectivity index (χ2v) is 6.50. The van der Waals surface area contributed by atoms with Crippen LogP contribution in [0.25, 0.3) is 0 Å². The van der Waals surface area contributed by atoms with Gasteiger partial charge in [0.25, 0.3) is 0 Å². The molecule has 0 bridgehead atoms. The molecule has 4 nitrogen and oxygen atoms in total. The number of likely N-dealkylation sites (tertiary alicyclic amines) is 1. The highest BCUT2D eigenvalue weighted by Crippen LogP contribution is 2.15. The lowest BCUT2D eigenvalue weighted by molar-refractivity contribution is 0.190. The molecule has 0 aliphatic carbocycles. The molecule has 1 aliphatic heterocycles. The van der Waals surface area contributed by atoms with Gasteiger partial charge < -0.3 is 10.6 Å². The van der Waals surface area contributed by atoms with Gasteiger partial charge >= 0.3 is 6.03 Å². The summed E-state index contributed by atoms with van der Waals surface area (Å²) in [6.45, 7) is 5.14. The molecule has 0 radical (unpaired) electrons. The summed E-state index contributed by atoms with van der Waals surface area (Å²) >= 11 is 0. The van der Waals surface area contributed by atoms with E-state index >= 15 is 0 Å². The van der Waals surface area contributed by atoms with E-state index in [9.17, 15) is 4.79 Å². The van der Waals surface area contributed by atoms with E-state index in [4.69, 9.17) is 0 Å². The zero-order valence-corrected chi connectivity index (χ0v) is 14.2. The lowest BCUT2D eigenvalue weighted by Crippen LogP contribution is -2.45. The first-order chi connectivity index (χ1) is 11.7. The van der Waals surface area contributed by atoms with Crippen LogP contribution in [0.2, 0.25) is 0 Å². The summed E-state index contributed by atoms with van der Waals surface area (Å²) in [5.41, 5.74) is 3.48. The monoisotopic (exact) mass is 323 g/mol. The molecule has 2 amide bonds. The second kappa shape index (κ2) is 7.97. The molecule has 4 heteroatoms. The number of carbonyl (C=O) groups excluding carboxylic acids is 1. The molecule has 1 saturated heterocycles. The number of urea groups is 1. The van der Waals surface area contributed by atoms with Crippen LogP contribution >= 0.6 is 0 Å². The van der Waals surface area contributed by atoms with E-state index in [0.717, 1.165) is 38.2 Å². The first kappa shape index (κ1) is 16.5. The fourth-order valence-electron chi connectivity index (χ4n) is 3.06. The number of hydrogen-bond donors (Lipinski definition) is 2. The van der Waals surface area contributed by atoms with Crippen LogP contribution in [-0.2, 0) is 6.54 Å². The molecular formula is C20H25N3O. The molecule has 2 N–H and O–H groups in total. The Balaban J connectivity index is 1.41. The van der Waals surface area contributed by atoms with Crippen LogP contribution in [0.4, 0.5) is 10.5 Å². The number of nitrogens with zero attached hydrogens (tertiary/aromatic N) is 1. The van der Waals surface area contributed by atoms with E-state index in [-0.39, 0.29) is 12.1 Å². The van der Waals surface area contributed by atoms with Gasteiger partial charge in [0.15, 0.2) is 0 Å². The number of rotatable bonds is 4. The summed E-state index contributed by atoms with van der Waals surface area (Å²) in [5.74, 6) is 0. The zero-order chi connectivity index (χ0) is 16.8. The number of anilines is 1. The smallest absolute Gasteiger partial charge is 0.319 e. The van der Waals surface area contributed by atoms with E-state index in [0.29, 0.717) is 0 Å². The minimum absolute atomic E-state index is 0.113. The summed E-state index contributed by atoms with van der Waals surface area (Å²) in [4.78, 5) is 14.5. The number of piperidine rings is 1. The number of aryl methyl sites for hydroxylation is 1. The van der Waals surface area contributed by atoms with E-state index < -0.39 is 0 Å². The van der Waals surface area contributed by atoms with Crippen molar-refractivity contribution < 1.29 is 4.79 Å². The van der Waals surface area contributed by atoms with Crippen LogP contribution in [0.15, 0.2) is 54.6 Å². The third kappa shape index (κ3) is 4.83. The van der Waals surface area contributed by atoms with Gasteiger partial charge in [-0.05, 0) is 37.5 Å². The summed E-state index contributed by atoms with van der Waals surface area (Å²) in [6.07, 6.45) is 1.99. The van der Waals surface area contributed by atoms with Gasteiger partial charge in [-0.1, -0.05) is 48.0 Å². The van der Waals surface area contributed by atoms with Crippen LogP contribution in [0.5, 0.6) is 0 Å². The fraction of sp³-hybridized carbons (Fsp3) is 0.350. The number of nitrogens with one attached hydrogen (secondary N) is 2. The van der Waals surface area contributed by atoms with Crippen molar-refractivity contribution in [3.05, 3.63) is 65.7 Å². The van der Waals surface area contributed by atoms with Crippen molar-refractivity contribution in [1.29, 1.82) is 0 Å². The first-order valence-corrected chi connectivity index (χ1v) is 8.59. The minimum Gasteiger partial charge on any atom is -0.335 e. The molecular weight excluding hydrogens is 298 g/mol. The first-order valence-electron chi connectivity index (χ1n) is 8.59. The highest BCUT2D eigenvalue weighted by Gasteiger charge is 2.20. The lowest BCUT2D eigenvalue weighted by Gasteiger charge is -2.32. The van der Waals surface area contributed by atoms with Crippen molar-refractivity contribution in [3.63, 3.8) is 0 Å². The number of amides is 2. The second-order valence-electron chi connectivity index (χ2n) is 6.50. The zero-order valence-electron chi connectivity index (χ0n) is 14.2. The standard InChI is InChI=1S/C20H25N3O/c1-16-7-9-17(10-8-16)15-23-13-11-19(12-14-23)22-20(24)21-18-5-3-2-4-6-18/h2-10,19H,11-15H2,1H3,(H2,21,22,24). The highest BCUT2D eigenvalue weighted by molar-refractivity contribution is 5.89. The number of para-hydroxylation sites is 1. The third-order valence-corrected chi connectivity index (χ3v) is 4.48. The molecule has 0 atom stereocenters. The number of benzene rings is 2. The van der Waals surface area contributed by atoms with Gasteiger partial charge in [0, 0.05) is 31.4 Å². The Kier molecular flexibility index (Phi) is 5.49. The Morgan fingerprint density at radius 3 is 2.38 bits per heavy atom. The van der Waals surface area contributed by atoms with Gasteiger partial charge in [0.1, 0.15) is 0 Å². The van der Waals surface area contributed by atoms with Crippen LogP contribution in [-0.4, -0.2) is 30.1 Å². The van der Waals surface area contributed by atoms with E-state index in [1.54, 1.807) is 0 Å². The molecule has 2 aromatic rings. The van der Waals surface area contributed by atoms with E-state index in [1.807, 2.05) is 30.3 Å². The number of carbonyl (C=O) groups is 1. The minimum atomic E-state index is -0.113. The Morgan fingerprint density at radius 1 is 1.04 bits per heavy atom. The molecule has 0 spiro atoms. The Labute approximate surface area is 143 Å². The van der Waals surface area contributed by atoms with Crippen LogP contribution < -0.4 is 10.6 Å². The Morgan fingerprint density at radius 2 is 1.71 bits per heavy atom. The molecule has 1 fully saturated rings. The van der Waals surface area contributed by atoms with Crippen LogP contribution in [0.3, 0.4) is 0 Å². The van der Waals surface area contributed by atoms with Crippen LogP contribution in [0, 0.1) is 6.92 Å². The van der Waals surface area contributed by atoms with Crippen LogP contribution in [0.1, 0.15) is 24.0 Å². The van der Waals surface area contributed by atoms with Crippen molar-refractivity contribution in [2.45, 2.75) is 32.4 Å². The van der Waals surface area contributed by atoms with E-state index in [1.165, 1.54) is 11.1 Å². The largest absolute Gasteiger partial charge is 0.335 e. The molecule has 24 heavy (non-hydrogen) atoms. The molecule has 0 aromatic heterocycles. The van der Waals surface area contributed by atoms with Gasteiger partial charge in [0.2, 0.25) is 0 Å². The quantitative estimate of drug-likeness (QED) is 0.899. The highest BCUT2D eigenvalue weighted by atomic mass is 16.2. The summed E-state index contributed by atoms with van der Waals surface area (Å²) in [5, 5.41) is 5.96. The summed E-state index contributed by atoms with van der Waals surface area (Å²) < 4.78 is 0. The third-order valence-electron chi connectivity index (χ3n) is 4.48. The predicted octanol–water partition coefficient (Wildman–Crippen LogP) is 3.78. The molecule has 1 aliphatic rings. The van der Waals surface area contributed by atoms with Gasteiger partial charge in [0.05, 0.1) is 0 Å². The molecule has 2 aromatic carbocycles. The van der Waals surface area contributed by atoms with Gasteiger partial charge in [-0.3, -0.25) is 4.90 Å². The fourth-order valence-corrected chi connectivity index (χ4v) is 3.06. The van der Waals surface area contributed by atoms with Crippen molar-refractivity contribution in [2.24, 2.45) is 0 Å². The van der Waals surface area contributed by atoms with Crippen molar-refractivity contribution in [1.82, 2.24) is 10.2 Å². The molecule has 1 heterocycles. The average Bonchev–Trinajstić information content (AvgIpc) is 2.59. The maximum atomic E-state index is 12.0. The molecule has 0 saturated carbocycles. The summed E-state index contributed by atoms with van der Waals surface area (Å²) in [7, 11) is 0. The van der Waals surface area contributed by atoms with Crippen molar-refractivity contribution in [2.75, 3.05) is 18.4 Å². The topological polar surface area (TPSA) is 44.4 Å². The average molecular weight is 323 g/mol. The van der Waals surface area contributed by atoms with Gasteiger partial charge in [-0.25, -0.2) is 4.79 Å². The lowest BCUT2D eigenvalue weighted by atomic mass is 10.0. The number of hydrogen-bond acceptors (Lipinski definition) is 2. The van der Waals surface area contributed by atoms with E-state index in [2.05, 4.69) is 46.7 Å². The summed E-state index contributed by atoms with van der Waals surface area (Å²) in [6, 6.07) is 18.4. The van der Waals surface area contributed by atoms with Crippen molar-refractivity contribution in [3.8, 4) is 0 Å². The predicted molar refractivity (Wildman–Crippen MR) is 98.1 cm³/mol. The van der Waals surface area contributed by atoms with Crippen molar-refractivity contribution >= 4 is 11.7 Å². The molecule has 126 valence electrons. The molecule has 3 rings (SSSR count).